The van der Waals surface area contributed by atoms with Gasteiger partial charge in [-0.2, -0.15) is 0 Å². The van der Waals surface area contributed by atoms with E-state index in [1.54, 1.807) is 7.11 Å². The molecule has 0 aliphatic heterocycles. The largest absolute Gasteiger partial charge is 0.354 e. The van der Waals surface area contributed by atoms with Crippen molar-refractivity contribution in [1.29, 1.82) is 0 Å². The molecule has 0 spiro atoms. The van der Waals surface area contributed by atoms with Gasteiger partial charge in [-0.25, -0.2) is 0 Å². The van der Waals surface area contributed by atoms with Crippen LogP contribution in [0.2, 0.25) is 0 Å². The zero-order valence-electron chi connectivity index (χ0n) is 10.3. The van der Waals surface area contributed by atoms with Crippen LogP contribution in [-0.2, 0) is 9.47 Å². The maximum atomic E-state index is 5.84. The van der Waals surface area contributed by atoms with Gasteiger partial charge >= 0.3 is 0 Å². The monoisotopic (exact) mass is 203 g/mol. The Balaban J connectivity index is 4.26. The van der Waals surface area contributed by atoms with Crippen molar-refractivity contribution in [2.24, 2.45) is 17.6 Å². The molecule has 2 N–H and O–H groups in total. The summed E-state index contributed by atoms with van der Waals surface area (Å²) in [6.07, 6.45) is -0.101. The molecular formula is C11H25NO2. The molecule has 0 radical (unpaired) electrons. The SMILES string of the molecule is COC(OC(C(C)C)C(C)C)C(C)N. The molecule has 0 saturated carbocycles. The zero-order valence-corrected chi connectivity index (χ0v) is 10.3. The van der Waals surface area contributed by atoms with Gasteiger partial charge in [0.1, 0.15) is 0 Å². The summed E-state index contributed by atoms with van der Waals surface area (Å²) >= 11 is 0. The Kier molecular flexibility index (Phi) is 6.33. The highest BCUT2D eigenvalue weighted by Gasteiger charge is 2.24. The van der Waals surface area contributed by atoms with Crippen LogP contribution in [0.25, 0.3) is 0 Å². The molecule has 86 valence electrons. The number of rotatable bonds is 6. The van der Waals surface area contributed by atoms with Gasteiger partial charge in [-0.1, -0.05) is 27.7 Å². The molecule has 0 aromatic carbocycles. The minimum Gasteiger partial charge on any atom is -0.354 e. The Labute approximate surface area is 88.0 Å². The van der Waals surface area contributed by atoms with Crippen molar-refractivity contribution in [3.8, 4) is 0 Å². The molecule has 2 unspecified atom stereocenters. The van der Waals surface area contributed by atoms with E-state index in [4.69, 9.17) is 15.2 Å². The lowest BCUT2D eigenvalue weighted by atomic mass is 9.96. The Hall–Kier alpha value is -0.120. The lowest BCUT2D eigenvalue weighted by Crippen LogP contribution is -2.41. The van der Waals surface area contributed by atoms with Crippen molar-refractivity contribution < 1.29 is 9.47 Å². The molecule has 2 atom stereocenters. The molecule has 0 aromatic heterocycles. The average molecular weight is 203 g/mol. The molecule has 14 heavy (non-hydrogen) atoms. The second kappa shape index (κ2) is 6.38. The fourth-order valence-electron chi connectivity index (χ4n) is 1.63. The summed E-state index contributed by atoms with van der Waals surface area (Å²) in [4.78, 5) is 0. The van der Waals surface area contributed by atoms with Crippen LogP contribution in [0, 0.1) is 11.8 Å². The first-order chi connectivity index (χ1) is 6.40. The summed E-state index contributed by atoms with van der Waals surface area (Å²) in [7, 11) is 1.63. The molecule has 3 nitrogen and oxygen atoms in total. The van der Waals surface area contributed by atoms with Crippen LogP contribution in [-0.4, -0.2) is 25.5 Å². The summed E-state index contributed by atoms with van der Waals surface area (Å²) in [6, 6.07) is -0.0972. The summed E-state index contributed by atoms with van der Waals surface area (Å²) in [5.74, 6) is 0.956. The van der Waals surface area contributed by atoms with Crippen molar-refractivity contribution in [3.63, 3.8) is 0 Å². The number of methoxy groups -OCH3 is 1. The lowest BCUT2D eigenvalue weighted by Gasteiger charge is -2.31. The van der Waals surface area contributed by atoms with Crippen LogP contribution in [0.1, 0.15) is 34.6 Å². The topological polar surface area (TPSA) is 44.5 Å². The third-order valence-electron chi connectivity index (χ3n) is 2.27. The van der Waals surface area contributed by atoms with Gasteiger partial charge in [0.2, 0.25) is 0 Å². The van der Waals surface area contributed by atoms with Crippen LogP contribution >= 0.6 is 0 Å². The quantitative estimate of drug-likeness (QED) is 0.672. The molecular weight excluding hydrogens is 178 g/mol. The second-order valence-electron chi connectivity index (χ2n) is 4.55. The Bertz CT molecular complexity index is 138. The van der Waals surface area contributed by atoms with E-state index in [0.717, 1.165) is 0 Å². The molecule has 0 aliphatic rings. The van der Waals surface area contributed by atoms with Crippen LogP contribution in [0.15, 0.2) is 0 Å². The van der Waals surface area contributed by atoms with Crippen LogP contribution in [0.5, 0.6) is 0 Å². The highest BCUT2D eigenvalue weighted by molar-refractivity contribution is 4.69. The lowest BCUT2D eigenvalue weighted by molar-refractivity contribution is -0.184. The summed E-state index contributed by atoms with van der Waals surface area (Å²) in [5, 5.41) is 0. The smallest absolute Gasteiger partial charge is 0.172 e. The molecule has 0 bridgehead atoms. The first kappa shape index (κ1) is 13.9. The first-order valence-electron chi connectivity index (χ1n) is 5.34. The van der Waals surface area contributed by atoms with E-state index in [0.29, 0.717) is 11.8 Å². The van der Waals surface area contributed by atoms with Gasteiger partial charge in [-0.3, -0.25) is 0 Å². The van der Waals surface area contributed by atoms with E-state index in [1.807, 2.05) is 6.92 Å². The van der Waals surface area contributed by atoms with Gasteiger partial charge in [0.25, 0.3) is 0 Å². The first-order valence-corrected chi connectivity index (χ1v) is 5.34. The van der Waals surface area contributed by atoms with E-state index in [-0.39, 0.29) is 18.4 Å². The number of hydrogen-bond donors (Lipinski definition) is 1. The highest BCUT2D eigenvalue weighted by atomic mass is 16.7. The Morgan fingerprint density at radius 2 is 1.36 bits per heavy atom. The molecule has 0 aromatic rings. The van der Waals surface area contributed by atoms with E-state index in [2.05, 4.69) is 27.7 Å². The molecule has 0 rings (SSSR count). The van der Waals surface area contributed by atoms with Gasteiger partial charge in [0.15, 0.2) is 6.29 Å². The summed E-state index contributed by atoms with van der Waals surface area (Å²) in [5.41, 5.74) is 5.75. The van der Waals surface area contributed by atoms with Gasteiger partial charge < -0.3 is 15.2 Å². The summed E-state index contributed by atoms with van der Waals surface area (Å²) in [6.45, 7) is 10.5. The number of nitrogens with two attached hydrogens (primary N) is 1. The predicted molar refractivity (Wildman–Crippen MR) is 59.0 cm³/mol. The Morgan fingerprint density at radius 3 is 1.57 bits per heavy atom. The zero-order chi connectivity index (χ0) is 11.3. The van der Waals surface area contributed by atoms with E-state index in [9.17, 15) is 0 Å². The van der Waals surface area contributed by atoms with Gasteiger partial charge in [0.05, 0.1) is 12.1 Å². The highest BCUT2D eigenvalue weighted by Crippen LogP contribution is 2.19. The number of ether oxygens (including phenoxy) is 2. The van der Waals surface area contributed by atoms with Crippen LogP contribution in [0.3, 0.4) is 0 Å². The minimum absolute atomic E-state index is 0.0972. The standard InChI is InChI=1S/C11H25NO2/c1-7(2)10(8(3)4)14-11(13-6)9(5)12/h7-11H,12H2,1-6H3. The second-order valence-corrected chi connectivity index (χ2v) is 4.55. The van der Waals surface area contributed by atoms with Gasteiger partial charge in [-0.15, -0.1) is 0 Å². The van der Waals surface area contributed by atoms with Crippen molar-refractivity contribution >= 4 is 0 Å². The predicted octanol–water partition coefficient (Wildman–Crippen LogP) is 2.00. The molecule has 0 saturated heterocycles. The molecule has 0 heterocycles. The maximum absolute atomic E-state index is 5.84. The van der Waals surface area contributed by atoms with E-state index < -0.39 is 0 Å². The molecule has 0 aliphatic carbocycles. The fourth-order valence-corrected chi connectivity index (χ4v) is 1.63. The minimum atomic E-state index is -0.301. The molecule has 0 amide bonds. The van der Waals surface area contributed by atoms with E-state index >= 15 is 0 Å². The fraction of sp³-hybridized carbons (Fsp3) is 1.00. The number of hydrogen-bond acceptors (Lipinski definition) is 3. The third kappa shape index (κ3) is 4.40. The molecule has 0 fully saturated rings. The average Bonchev–Trinajstić information content (AvgIpc) is 2.03. The van der Waals surface area contributed by atoms with Crippen molar-refractivity contribution in [2.75, 3.05) is 7.11 Å². The summed E-state index contributed by atoms with van der Waals surface area (Å²) < 4.78 is 11.0. The third-order valence-corrected chi connectivity index (χ3v) is 2.27. The van der Waals surface area contributed by atoms with Crippen molar-refractivity contribution in [1.82, 2.24) is 0 Å². The molecule has 3 heteroatoms. The van der Waals surface area contributed by atoms with Crippen LogP contribution in [0.4, 0.5) is 0 Å². The van der Waals surface area contributed by atoms with Gasteiger partial charge in [0, 0.05) is 7.11 Å². The van der Waals surface area contributed by atoms with E-state index in [1.165, 1.54) is 0 Å². The van der Waals surface area contributed by atoms with Gasteiger partial charge in [-0.05, 0) is 18.8 Å². The van der Waals surface area contributed by atoms with Crippen molar-refractivity contribution in [3.05, 3.63) is 0 Å². The maximum Gasteiger partial charge on any atom is 0.172 e. The van der Waals surface area contributed by atoms with Crippen molar-refractivity contribution in [2.45, 2.75) is 53.1 Å². The Morgan fingerprint density at radius 1 is 0.929 bits per heavy atom. The van der Waals surface area contributed by atoms with Crippen LogP contribution < -0.4 is 5.73 Å². The normalized spacial score (nSPS) is 16.7.